The highest BCUT2D eigenvalue weighted by atomic mass is 35.5. The molecule has 4 heteroatoms. The number of ether oxygens (including phenoxy) is 1. The van der Waals surface area contributed by atoms with E-state index in [-0.39, 0.29) is 18.5 Å². The van der Waals surface area contributed by atoms with Crippen LogP contribution in [0.4, 0.5) is 4.79 Å². The van der Waals surface area contributed by atoms with Gasteiger partial charge in [0.25, 0.3) is 0 Å². The molecule has 1 amide bonds. The minimum absolute atomic E-state index is 0. The number of unbranched alkanes of at least 4 members (excludes halogenated alkanes) is 4. The van der Waals surface area contributed by atoms with E-state index >= 15 is 0 Å². The molecule has 0 spiro atoms. The van der Waals surface area contributed by atoms with Gasteiger partial charge in [-0.3, -0.25) is 0 Å². The van der Waals surface area contributed by atoms with E-state index in [0.717, 1.165) is 12.0 Å². The van der Waals surface area contributed by atoms with Crippen molar-refractivity contribution in [2.75, 3.05) is 6.54 Å². The number of rotatable bonds is 8. The van der Waals surface area contributed by atoms with E-state index in [0.29, 0.717) is 13.2 Å². The molecule has 1 aromatic rings. The number of nitrogens with one attached hydrogen (secondary N) is 1. The van der Waals surface area contributed by atoms with Gasteiger partial charge in [-0.05, 0) is 12.0 Å². The van der Waals surface area contributed by atoms with Gasteiger partial charge >= 0.3 is 6.09 Å². The van der Waals surface area contributed by atoms with E-state index < -0.39 is 0 Å². The highest BCUT2D eigenvalue weighted by Gasteiger charge is 2.01. The molecule has 0 saturated carbocycles. The van der Waals surface area contributed by atoms with Gasteiger partial charge in [0, 0.05) is 6.54 Å². The van der Waals surface area contributed by atoms with Crippen LogP contribution in [0.25, 0.3) is 0 Å². The van der Waals surface area contributed by atoms with Crippen molar-refractivity contribution in [1.82, 2.24) is 5.32 Å². The summed E-state index contributed by atoms with van der Waals surface area (Å²) in [6.07, 6.45) is 5.64. The summed E-state index contributed by atoms with van der Waals surface area (Å²) in [6.45, 7) is 3.24. The fourth-order valence-corrected chi connectivity index (χ4v) is 1.69. The number of hydrogen-bond donors (Lipinski definition) is 1. The zero-order valence-electron chi connectivity index (χ0n) is 11.6. The van der Waals surface area contributed by atoms with Gasteiger partial charge in [-0.25, -0.2) is 4.79 Å². The molecule has 0 radical (unpaired) electrons. The van der Waals surface area contributed by atoms with Crippen molar-refractivity contribution in [3.8, 4) is 0 Å². The predicted octanol–water partition coefficient (Wildman–Crippen LogP) is 4.31. The van der Waals surface area contributed by atoms with Gasteiger partial charge in [0.05, 0.1) is 0 Å². The largest absolute Gasteiger partial charge is 0.445 e. The summed E-state index contributed by atoms with van der Waals surface area (Å²) < 4.78 is 5.11. The van der Waals surface area contributed by atoms with Crippen molar-refractivity contribution < 1.29 is 9.53 Å². The molecule has 0 aliphatic heterocycles. The van der Waals surface area contributed by atoms with Gasteiger partial charge in [0.15, 0.2) is 0 Å². The average Bonchev–Trinajstić information content (AvgIpc) is 2.41. The van der Waals surface area contributed by atoms with Crippen molar-refractivity contribution >= 4 is 18.5 Å². The Balaban J connectivity index is 0.00000324. The van der Waals surface area contributed by atoms with E-state index in [1.807, 2.05) is 30.3 Å². The van der Waals surface area contributed by atoms with Gasteiger partial charge in [-0.1, -0.05) is 62.9 Å². The maximum Gasteiger partial charge on any atom is 0.407 e. The lowest BCUT2D eigenvalue weighted by Crippen LogP contribution is -2.25. The van der Waals surface area contributed by atoms with Crippen LogP contribution in [-0.4, -0.2) is 12.6 Å². The third-order valence-electron chi connectivity index (χ3n) is 2.76. The lowest BCUT2D eigenvalue weighted by atomic mass is 10.1. The number of amides is 1. The van der Waals surface area contributed by atoms with Crippen LogP contribution in [0.3, 0.4) is 0 Å². The SMILES string of the molecule is CCCCCCCNC(=O)OCc1ccccc1.Cl. The minimum Gasteiger partial charge on any atom is -0.445 e. The van der Waals surface area contributed by atoms with Crippen LogP contribution in [0.1, 0.15) is 44.6 Å². The topological polar surface area (TPSA) is 38.3 Å². The lowest BCUT2D eigenvalue weighted by Gasteiger charge is -2.06. The van der Waals surface area contributed by atoms with E-state index in [4.69, 9.17) is 4.74 Å². The number of benzene rings is 1. The van der Waals surface area contributed by atoms with Gasteiger partial charge in [-0.2, -0.15) is 0 Å². The van der Waals surface area contributed by atoms with Crippen LogP contribution in [0.15, 0.2) is 30.3 Å². The van der Waals surface area contributed by atoms with E-state index in [2.05, 4.69) is 12.2 Å². The summed E-state index contributed by atoms with van der Waals surface area (Å²) in [4.78, 5) is 11.4. The van der Waals surface area contributed by atoms with Gasteiger partial charge in [-0.15, -0.1) is 12.4 Å². The van der Waals surface area contributed by atoms with E-state index in [1.54, 1.807) is 0 Å². The van der Waals surface area contributed by atoms with Crippen LogP contribution >= 0.6 is 12.4 Å². The second kappa shape index (κ2) is 11.8. The van der Waals surface area contributed by atoms with Gasteiger partial charge in [0.2, 0.25) is 0 Å². The Morgan fingerprint density at radius 2 is 1.79 bits per heavy atom. The molecule has 0 atom stereocenters. The maximum absolute atomic E-state index is 11.4. The summed E-state index contributed by atoms with van der Waals surface area (Å²) in [6, 6.07) is 9.70. The molecule has 0 saturated heterocycles. The van der Waals surface area contributed by atoms with Crippen LogP contribution in [0.5, 0.6) is 0 Å². The normalized spacial score (nSPS) is 9.53. The Kier molecular flexibility index (Phi) is 11.1. The number of carbonyl (C=O) groups excluding carboxylic acids is 1. The van der Waals surface area contributed by atoms with E-state index in [1.165, 1.54) is 25.7 Å². The second-order valence-electron chi connectivity index (χ2n) is 4.40. The number of hydrogen-bond acceptors (Lipinski definition) is 2. The molecule has 0 aliphatic rings. The predicted molar refractivity (Wildman–Crippen MR) is 80.6 cm³/mol. The Morgan fingerprint density at radius 1 is 1.11 bits per heavy atom. The zero-order chi connectivity index (χ0) is 13.1. The van der Waals surface area contributed by atoms with Crippen LogP contribution < -0.4 is 5.32 Å². The Hall–Kier alpha value is -1.22. The first-order valence-electron chi connectivity index (χ1n) is 6.77. The molecule has 3 nitrogen and oxygen atoms in total. The number of carbonyl (C=O) groups is 1. The Bertz CT molecular complexity index is 330. The third kappa shape index (κ3) is 9.37. The smallest absolute Gasteiger partial charge is 0.407 e. The van der Waals surface area contributed by atoms with Crippen molar-refractivity contribution in [3.63, 3.8) is 0 Å². The first kappa shape index (κ1) is 17.8. The first-order valence-corrected chi connectivity index (χ1v) is 6.77. The van der Waals surface area contributed by atoms with Crippen molar-refractivity contribution in [3.05, 3.63) is 35.9 Å². The summed E-state index contributed by atoms with van der Waals surface area (Å²) in [5, 5.41) is 2.77. The first-order chi connectivity index (χ1) is 8.83. The number of halogens is 1. The maximum atomic E-state index is 11.4. The number of alkyl carbamates (subject to hydrolysis) is 1. The van der Waals surface area contributed by atoms with Gasteiger partial charge in [0.1, 0.15) is 6.61 Å². The Labute approximate surface area is 122 Å². The standard InChI is InChI=1S/C15H23NO2.ClH/c1-2-3-4-5-9-12-16-15(17)18-13-14-10-7-6-8-11-14;/h6-8,10-11H,2-5,9,12-13H2,1H3,(H,16,17);1H. The molecule has 1 aromatic carbocycles. The summed E-state index contributed by atoms with van der Waals surface area (Å²) >= 11 is 0. The second-order valence-corrected chi connectivity index (χ2v) is 4.40. The van der Waals surface area contributed by atoms with Crippen molar-refractivity contribution in [1.29, 1.82) is 0 Å². The van der Waals surface area contributed by atoms with Crippen LogP contribution in [0.2, 0.25) is 0 Å². The van der Waals surface area contributed by atoms with Crippen LogP contribution in [-0.2, 0) is 11.3 Å². The van der Waals surface area contributed by atoms with E-state index in [9.17, 15) is 4.79 Å². The fourth-order valence-electron chi connectivity index (χ4n) is 1.69. The molecular weight excluding hydrogens is 262 g/mol. The molecule has 0 aromatic heterocycles. The summed E-state index contributed by atoms with van der Waals surface area (Å²) in [7, 11) is 0. The summed E-state index contributed by atoms with van der Waals surface area (Å²) in [5.41, 5.74) is 1.01. The fraction of sp³-hybridized carbons (Fsp3) is 0.533. The summed E-state index contributed by atoms with van der Waals surface area (Å²) in [5.74, 6) is 0. The molecule has 0 heterocycles. The lowest BCUT2D eigenvalue weighted by molar-refractivity contribution is 0.139. The Morgan fingerprint density at radius 3 is 2.47 bits per heavy atom. The highest BCUT2D eigenvalue weighted by Crippen LogP contribution is 2.02. The zero-order valence-corrected chi connectivity index (χ0v) is 12.4. The quantitative estimate of drug-likeness (QED) is 0.723. The average molecular weight is 286 g/mol. The molecule has 0 unspecified atom stereocenters. The van der Waals surface area contributed by atoms with Crippen LogP contribution in [0, 0.1) is 0 Å². The van der Waals surface area contributed by atoms with Crippen molar-refractivity contribution in [2.24, 2.45) is 0 Å². The molecule has 108 valence electrons. The highest BCUT2D eigenvalue weighted by molar-refractivity contribution is 5.85. The van der Waals surface area contributed by atoms with Crippen molar-refractivity contribution in [2.45, 2.75) is 45.6 Å². The molecule has 0 aliphatic carbocycles. The molecule has 1 N–H and O–H groups in total. The molecular formula is C15H24ClNO2. The minimum atomic E-state index is -0.325. The molecule has 19 heavy (non-hydrogen) atoms. The molecule has 0 bridgehead atoms. The molecule has 0 fully saturated rings. The monoisotopic (exact) mass is 285 g/mol. The molecule has 1 rings (SSSR count). The third-order valence-corrected chi connectivity index (χ3v) is 2.76. The van der Waals surface area contributed by atoms with Gasteiger partial charge < -0.3 is 10.1 Å².